The van der Waals surface area contributed by atoms with E-state index >= 15 is 0 Å². The summed E-state index contributed by atoms with van der Waals surface area (Å²) in [4.78, 5) is 0. The molecule has 0 atom stereocenters. The largest absolute Gasteiger partial charge is 0.313 e. The molecule has 2 saturated carbocycles. The smallest absolute Gasteiger partial charge is 0.00684 e. The molecule has 0 amide bonds. The molecule has 2 aliphatic carbocycles. The zero-order valence-corrected chi connectivity index (χ0v) is 8.23. The van der Waals surface area contributed by atoms with Crippen molar-refractivity contribution in [3.05, 3.63) is 0 Å². The van der Waals surface area contributed by atoms with E-state index in [1.165, 1.54) is 51.5 Å². The van der Waals surface area contributed by atoms with E-state index < -0.39 is 0 Å². The quantitative estimate of drug-likeness (QED) is 0.679. The van der Waals surface area contributed by atoms with Crippen LogP contribution >= 0.6 is 0 Å². The summed E-state index contributed by atoms with van der Waals surface area (Å²) in [5, 5.41) is 3.69. The molecular formula is C11H21N. The van der Waals surface area contributed by atoms with Gasteiger partial charge < -0.3 is 5.32 Å². The standard InChI is InChI=1S/C11H21N/c1-2-11(7-3-4-8-11)9-12-10-5-6-10/h10,12H,2-9H2,1H3. The van der Waals surface area contributed by atoms with E-state index in [2.05, 4.69) is 12.2 Å². The topological polar surface area (TPSA) is 12.0 Å². The van der Waals surface area contributed by atoms with E-state index in [0.717, 1.165) is 6.04 Å². The predicted molar refractivity (Wildman–Crippen MR) is 52.2 cm³/mol. The average molecular weight is 167 g/mol. The monoisotopic (exact) mass is 167 g/mol. The van der Waals surface area contributed by atoms with Crippen molar-refractivity contribution < 1.29 is 0 Å². The summed E-state index contributed by atoms with van der Waals surface area (Å²) in [7, 11) is 0. The average Bonchev–Trinajstić information content (AvgIpc) is 2.82. The third-order valence-corrected chi connectivity index (χ3v) is 3.76. The minimum Gasteiger partial charge on any atom is -0.313 e. The van der Waals surface area contributed by atoms with Crippen LogP contribution in [0.25, 0.3) is 0 Å². The van der Waals surface area contributed by atoms with Gasteiger partial charge in [0.15, 0.2) is 0 Å². The van der Waals surface area contributed by atoms with Crippen LogP contribution in [0.15, 0.2) is 0 Å². The molecule has 0 unspecified atom stereocenters. The fourth-order valence-electron chi connectivity index (χ4n) is 2.43. The van der Waals surface area contributed by atoms with Crippen LogP contribution < -0.4 is 5.32 Å². The summed E-state index contributed by atoms with van der Waals surface area (Å²) in [6.45, 7) is 3.66. The van der Waals surface area contributed by atoms with Gasteiger partial charge in [-0.15, -0.1) is 0 Å². The molecule has 0 aliphatic heterocycles. The molecule has 0 aromatic carbocycles. The summed E-state index contributed by atoms with van der Waals surface area (Å²) >= 11 is 0. The van der Waals surface area contributed by atoms with E-state index in [0.29, 0.717) is 5.41 Å². The van der Waals surface area contributed by atoms with E-state index in [-0.39, 0.29) is 0 Å². The van der Waals surface area contributed by atoms with Crippen molar-refractivity contribution in [2.24, 2.45) is 5.41 Å². The molecule has 0 heterocycles. The first-order valence-electron chi connectivity index (χ1n) is 5.58. The highest BCUT2D eigenvalue weighted by Crippen LogP contribution is 2.40. The van der Waals surface area contributed by atoms with Gasteiger partial charge in [-0.2, -0.15) is 0 Å². The Labute approximate surface area is 75.9 Å². The minimum atomic E-state index is 0.697. The van der Waals surface area contributed by atoms with E-state index in [1.807, 2.05) is 0 Å². The molecule has 0 spiro atoms. The molecule has 0 aromatic heterocycles. The molecule has 0 radical (unpaired) electrons. The number of hydrogen-bond donors (Lipinski definition) is 1. The van der Waals surface area contributed by atoms with Crippen molar-refractivity contribution in [2.45, 2.75) is 57.9 Å². The van der Waals surface area contributed by atoms with Crippen molar-refractivity contribution in [3.8, 4) is 0 Å². The molecule has 2 fully saturated rings. The fraction of sp³-hybridized carbons (Fsp3) is 1.00. The first-order chi connectivity index (χ1) is 5.85. The van der Waals surface area contributed by atoms with Gasteiger partial charge in [0.2, 0.25) is 0 Å². The number of rotatable bonds is 4. The lowest BCUT2D eigenvalue weighted by molar-refractivity contribution is 0.268. The Morgan fingerprint density at radius 3 is 2.42 bits per heavy atom. The van der Waals surface area contributed by atoms with Gasteiger partial charge in [-0.25, -0.2) is 0 Å². The maximum absolute atomic E-state index is 3.69. The van der Waals surface area contributed by atoms with Crippen LogP contribution in [0.5, 0.6) is 0 Å². The van der Waals surface area contributed by atoms with Crippen molar-refractivity contribution in [1.29, 1.82) is 0 Å². The highest BCUT2D eigenvalue weighted by atomic mass is 15.0. The zero-order valence-electron chi connectivity index (χ0n) is 8.23. The molecule has 1 N–H and O–H groups in total. The Hall–Kier alpha value is -0.0400. The summed E-state index contributed by atoms with van der Waals surface area (Å²) < 4.78 is 0. The molecule has 1 nitrogen and oxygen atoms in total. The summed E-state index contributed by atoms with van der Waals surface area (Å²) in [5.74, 6) is 0. The van der Waals surface area contributed by atoms with Crippen LogP contribution in [0.1, 0.15) is 51.9 Å². The van der Waals surface area contributed by atoms with E-state index in [9.17, 15) is 0 Å². The van der Waals surface area contributed by atoms with Crippen LogP contribution in [0.4, 0.5) is 0 Å². The molecule has 2 aliphatic rings. The van der Waals surface area contributed by atoms with E-state index in [1.54, 1.807) is 0 Å². The van der Waals surface area contributed by atoms with Crippen LogP contribution in [0, 0.1) is 5.41 Å². The summed E-state index contributed by atoms with van der Waals surface area (Å²) in [6, 6.07) is 0.897. The SMILES string of the molecule is CCC1(CNC2CC2)CCCC1. The summed E-state index contributed by atoms with van der Waals surface area (Å²) in [6.07, 6.45) is 10.1. The Bertz CT molecular complexity index is 143. The summed E-state index contributed by atoms with van der Waals surface area (Å²) in [5.41, 5.74) is 0.697. The number of nitrogens with one attached hydrogen (secondary N) is 1. The highest BCUT2D eigenvalue weighted by Gasteiger charge is 2.33. The molecule has 0 aromatic rings. The second kappa shape index (κ2) is 3.37. The van der Waals surface area contributed by atoms with Gasteiger partial charge in [-0.05, 0) is 37.5 Å². The Morgan fingerprint density at radius 2 is 1.92 bits per heavy atom. The maximum atomic E-state index is 3.69. The second-order valence-corrected chi connectivity index (χ2v) is 4.72. The van der Waals surface area contributed by atoms with Gasteiger partial charge in [-0.3, -0.25) is 0 Å². The van der Waals surface area contributed by atoms with Crippen molar-refractivity contribution >= 4 is 0 Å². The molecule has 12 heavy (non-hydrogen) atoms. The zero-order chi connectivity index (χ0) is 8.44. The van der Waals surface area contributed by atoms with Gasteiger partial charge in [0.25, 0.3) is 0 Å². The molecule has 0 bridgehead atoms. The lowest BCUT2D eigenvalue weighted by Gasteiger charge is -2.27. The van der Waals surface area contributed by atoms with Crippen molar-refractivity contribution in [1.82, 2.24) is 5.32 Å². The third-order valence-electron chi connectivity index (χ3n) is 3.76. The Kier molecular flexibility index (Phi) is 2.40. The van der Waals surface area contributed by atoms with Crippen LogP contribution in [0.2, 0.25) is 0 Å². The normalized spacial score (nSPS) is 27.8. The first-order valence-corrected chi connectivity index (χ1v) is 5.58. The molecule has 2 rings (SSSR count). The fourth-order valence-corrected chi connectivity index (χ4v) is 2.43. The highest BCUT2D eigenvalue weighted by molar-refractivity contribution is 4.89. The van der Waals surface area contributed by atoms with Crippen molar-refractivity contribution in [3.63, 3.8) is 0 Å². The van der Waals surface area contributed by atoms with E-state index in [4.69, 9.17) is 0 Å². The molecular weight excluding hydrogens is 146 g/mol. The van der Waals surface area contributed by atoms with Gasteiger partial charge in [0, 0.05) is 12.6 Å². The van der Waals surface area contributed by atoms with Gasteiger partial charge in [0.1, 0.15) is 0 Å². The number of hydrogen-bond acceptors (Lipinski definition) is 1. The molecule has 70 valence electrons. The molecule has 0 saturated heterocycles. The predicted octanol–water partition coefficient (Wildman–Crippen LogP) is 2.71. The van der Waals surface area contributed by atoms with Crippen LogP contribution in [-0.4, -0.2) is 12.6 Å². The maximum Gasteiger partial charge on any atom is 0.00684 e. The van der Waals surface area contributed by atoms with Gasteiger partial charge in [0.05, 0.1) is 0 Å². The lowest BCUT2D eigenvalue weighted by Crippen LogP contribution is -2.32. The Morgan fingerprint density at radius 1 is 1.25 bits per heavy atom. The lowest BCUT2D eigenvalue weighted by atomic mass is 9.83. The van der Waals surface area contributed by atoms with Gasteiger partial charge >= 0.3 is 0 Å². The third kappa shape index (κ3) is 1.82. The van der Waals surface area contributed by atoms with Gasteiger partial charge in [-0.1, -0.05) is 19.8 Å². The van der Waals surface area contributed by atoms with Crippen LogP contribution in [0.3, 0.4) is 0 Å². The molecule has 1 heteroatoms. The van der Waals surface area contributed by atoms with Crippen molar-refractivity contribution in [2.75, 3.05) is 6.54 Å². The minimum absolute atomic E-state index is 0.697. The Balaban J connectivity index is 1.79. The van der Waals surface area contributed by atoms with Crippen LogP contribution in [-0.2, 0) is 0 Å². The first kappa shape index (κ1) is 8.55. The second-order valence-electron chi connectivity index (χ2n) is 4.72.